The number of likely N-dealkylation sites (N-methyl/N-ethyl adjacent to an activating group) is 1. The van der Waals surface area contributed by atoms with Gasteiger partial charge in [-0.1, -0.05) is 78.4 Å². The van der Waals surface area contributed by atoms with Gasteiger partial charge in [-0.25, -0.2) is 4.98 Å². The molecule has 0 unspecified atom stereocenters. The van der Waals surface area contributed by atoms with Crippen LogP contribution in [0.1, 0.15) is 35.2 Å². The summed E-state index contributed by atoms with van der Waals surface area (Å²) in [6.45, 7) is 8.46. The molecule has 224 valence electrons. The summed E-state index contributed by atoms with van der Waals surface area (Å²) in [5.74, 6) is 1.04. The first kappa shape index (κ1) is 35.0. The van der Waals surface area contributed by atoms with Gasteiger partial charge < -0.3 is 9.80 Å². The number of benzene rings is 2. The molecule has 0 bridgehead atoms. The third-order valence-electron chi connectivity index (χ3n) is 7.06. The second-order valence-corrected chi connectivity index (χ2v) is 10.6. The number of anilines is 1. The topological polar surface area (TPSA) is 35.5 Å². The molecule has 2 aromatic carbocycles. The molecule has 0 N–H and O–H groups in total. The van der Waals surface area contributed by atoms with Gasteiger partial charge in [0.05, 0.1) is 5.69 Å². The summed E-state index contributed by atoms with van der Waals surface area (Å²) >= 11 is 0. The van der Waals surface area contributed by atoms with E-state index in [0.29, 0.717) is 0 Å². The second kappa shape index (κ2) is 19.1. The van der Waals surface area contributed by atoms with Gasteiger partial charge in [-0.2, -0.15) is 0 Å². The first-order valence-electron chi connectivity index (χ1n) is 14.3. The van der Waals surface area contributed by atoms with Gasteiger partial charge in [-0.15, -0.1) is 24.8 Å². The van der Waals surface area contributed by atoms with Crippen molar-refractivity contribution in [2.24, 2.45) is 0 Å². The molecule has 1 saturated heterocycles. The van der Waals surface area contributed by atoms with Gasteiger partial charge in [0.2, 0.25) is 0 Å². The van der Waals surface area contributed by atoms with Crippen LogP contribution in [0.3, 0.4) is 0 Å². The van der Waals surface area contributed by atoms with Crippen LogP contribution in [0.15, 0.2) is 109 Å². The molecule has 42 heavy (non-hydrogen) atoms. The summed E-state index contributed by atoms with van der Waals surface area (Å²) in [5, 5.41) is 0. The van der Waals surface area contributed by atoms with Crippen molar-refractivity contribution >= 4 is 36.2 Å². The molecule has 1 fully saturated rings. The highest BCUT2D eigenvalue weighted by Crippen LogP contribution is 2.22. The van der Waals surface area contributed by atoms with Crippen molar-refractivity contribution in [3.05, 3.63) is 132 Å². The van der Waals surface area contributed by atoms with Crippen LogP contribution >= 0.6 is 24.8 Å². The molecule has 4 aromatic rings. The Morgan fingerprint density at radius 2 is 1.40 bits per heavy atom. The number of halogens is 2. The molecule has 5 nitrogen and oxygen atoms in total. The van der Waals surface area contributed by atoms with Crippen LogP contribution in [-0.2, 0) is 6.54 Å². The van der Waals surface area contributed by atoms with Crippen molar-refractivity contribution in [3.8, 4) is 0 Å². The van der Waals surface area contributed by atoms with E-state index in [0.717, 1.165) is 37.7 Å². The monoisotopic (exact) mass is 605 g/mol. The number of pyridine rings is 2. The zero-order chi connectivity index (χ0) is 28.0. The molecule has 0 atom stereocenters. The minimum atomic E-state index is 0. The summed E-state index contributed by atoms with van der Waals surface area (Å²) in [4.78, 5) is 16.0. The summed E-state index contributed by atoms with van der Waals surface area (Å²) in [6.07, 6.45) is 8.71. The Hall–Kier alpha value is -3.22. The maximum atomic E-state index is 4.54. The standard InChI is InChI=1S/C19H22N2.C16H21N3.2ClH/c1-16-7-9-17(10-8-16)18(19-6-2-3-12-20-19)11-15-21-13-4-5-14-21;1-18(2)12-13-19(16-10-6-7-11-17-16)14-15-8-4-3-5-9-15;;/h2-3,6-12H,4-5,13-15H2,1H3;3-11H,12-14H2,1-2H3;2*1H/b18-11+;;;. The summed E-state index contributed by atoms with van der Waals surface area (Å²) in [6, 6.07) is 31.4. The van der Waals surface area contributed by atoms with E-state index in [1.165, 1.54) is 48.2 Å². The van der Waals surface area contributed by atoms with Crippen molar-refractivity contribution < 1.29 is 0 Å². The third kappa shape index (κ3) is 11.6. The van der Waals surface area contributed by atoms with Gasteiger partial charge >= 0.3 is 0 Å². The minimum absolute atomic E-state index is 0. The molecule has 0 aliphatic carbocycles. The van der Waals surface area contributed by atoms with Crippen molar-refractivity contribution in [3.63, 3.8) is 0 Å². The SMILES string of the molecule is CN(C)CCN(Cc1ccccc1)c1ccccn1.Cc1ccc(/C(=C\CN2CCCC2)c2ccccn2)cc1.Cl.Cl. The van der Waals surface area contributed by atoms with Crippen molar-refractivity contribution in [2.75, 3.05) is 51.7 Å². The van der Waals surface area contributed by atoms with Crippen molar-refractivity contribution in [1.29, 1.82) is 0 Å². The second-order valence-electron chi connectivity index (χ2n) is 10.6. The van der Waals surface area contributed by atoms with E-state index >= 15 is 0 Å². The normalized spacial score (nSPS) is 13.0. The molecular weight excluding hydrogens is 561 g/mol. The van der Waals surface area contributed by atoms with Crippen LogP contribution in [0.2, 0.25) is 0 Å². The quantitative estimate of drug-likeness (QED) is 0.188. The van der Waals surface area contributed by atoms with E-state index in [-0.39, 0.29) is 24.8 Å². The zero-order valence-corrected chi connectivity index (χ0v) is 26.7. The van der Waals surface area contributed by atoms with E-state index in [2.05, 4.69) is 125 Å². The summed E-state index contributed by atoms with van der Waals surface area (Å²) < 4.78 is 0. The van der Waals surface area contributed by atoms with Crippen LogP contribution in [0, 0.1) is 6.92 Å². The molecule has 0 radical (unpaired) electrons. The van der Waals surface area contributed by atoms with E-state index in [1.807, 2.05) is 30.6 Å². The van der Waals surface area contributed by atoms with Crippen LogP contribution in [0.25, 0.3) is 5.57 Å². The Morgan fingerprint density at radius 3 is 2.00 bits per heavy atom. The highest BCUT2D eigenvalue weighted by molar-refractivity contribution is 5.85. The fourth-order valence-electron chi connectivity index (χ4n) is 4.75. The van der Waals surface area contributed by atoms with Gasteiger partial charge in [-0.05, 0) is 82.3 Å². The van der Waals surface area contributed by atoms with Gasteiger partial charge in [0, 0.05) is 44.1 Å². The first-order valence-corrected chi connectivity index (χ1v) is 14.3. The largest absolute Gasteiger partial charge is 0.351 e. The van der Waals surface area contributed by atoms with Gasteiger partial charge in [-0.3, -0.25) is 9.88 Å². The van der Waals surface area contributed by atoms with Gasteiger partial charge in [0.15, 0.2) is 0 Å². The lowest BCUT2D eigenvalue weighted by atomic mass is 10.0. The Bertz CT molecular complexity index is 1280. The Balaban J connectivity index is 0.000000282. The lowest BCUT2D eigenvalue weighted by Crippen LogP contribution is -2.31. The van der Waals surface area contributed by atoms with Gasteiger partial charge in [0.25, 0.3) is 0 Å². The Labute approximate surface area is 265 Å². The minimum Gasteiger partial charge on any atom is -0.351 e. The highest BCUT2D eigenvalue weighted by Gasteiger charge is 2.12. The highest BCUT2D eigenvalue weighted by atomic mass is 35.5. The number of hydrogen-bond acceptors (Lipinski definition) is 5. The number of aryl methyl sites for hydroxylation is 1. The lowest BCUT2D eigenvalue weighted by molar-refractivity contribution is 0.377. The van der Waals surface area contributed by atoms with Gasteiger partial charge in [0.1, 0.15) is 5.82 Å². The Kier molecular flexibility index (Phi) is 15.9. The average molecular weight is 607 g/mol. The zero-order valence-electron chi connectivity index (χ0n) is 25.1. The molecule has 0 saturated carbocycles. The van der Waals surface area contributed by atoms with Crippen molar-refractivity contribution in [2.45, 2.75) is 26.3 Å². The molecule has 1 aliphatic heterocycles. The molecular formula is C35H45Cl2N5. The fraction of sp³-hybridized carbons (Fsp3) is 0.314. The van der Waals surface area contributed by atoms with E-state index in [4.69, 9.17) is 0 Å². The van der Waals surface area contributed by atoms with Crippen LogP contribution in [0.5, 0.6) is 0 Å². The number of hydrogen-bond donors (Lipinski definition) is 0. The molecule has 0 spiro atoms. The van der Waals surface area contributed by atoms with Crippen LogP contribution in [0.4, 0.5) is 5.82 Å². The fourth-order valence-corrected chi connectivity index (χ4v) is 4.75. The Morgan fingerprint density at radius 1 is 0.762 bits per heavy atom. The third-order valence-corrected chi connectivity index (χ3v) is 7.06. The number of rotatable bonds is 10. The van der Waals surface area contributed by atoms with Crippen LogP contribution in [-0.4, -0.2) is 66.6 Å². The molecule has 5 rings (SSSR count). The average Bonchev–Trinajstić information content (AvgIpc) is 3.52. The number of aromatic nitrogens is 2. The predicted octanol–water partition coefficient (Wildman–Crippen LogP) is 7.41. The lowest BCUT2D eigenvalue weighted by Gasteiger charge is -2.25. The van der Waals surface area contributed by atoms with E-state index in [1.54, 1.807) is 0 Å². The maximum absolute atomic E-state index is 4.54. The number of nitrogens with zero attached hydrogens (tertiary/aromatic N) is 5. The first-order chi connectivity index (χ1) is 19.6. The molecule has 3 heterocycles. The van der Waals surface area contributed by atoms with E-state index in [9.17, 15) is 0 Å². The molecule has 0 amide bonds. The molecule has 2 aromatic heterocycles. The smallest absolute Gasteiger partial charge is 0.128 e. The van der Waals surface area contributed by atoms with E-state index < -0.39 is 0 Å². The molecule has 1 aliphatic rings. The molecule has 7 heteroatoms. The van der Waals surface area contributed by atoms with Crippen molar-refractivity contribution in [1.82, 2.24) is 19.8 Å². The summed E-state index contributed by atoms with van der Waals surface area (Å²) in [7, 11) is 4.19. The van der Waals surface area contributed by atoms with Crippen LogP contribution < -0.4 is 4.90 Å². The summed E-state index contributed by atoms with van der Waals surface area (Å²) in [5.41, 5.74) is 6.15. The maximum Gasteiger partial charge on any atom is 0.128 e. The predicted molar refractivity (Wildman–Crippen MR) is 183 cm³/mol. The number of likely N-dealkylation sites (tertiary alicyclic amines) is 1.